The molecule has 3 nitrogen and oxygen atoms in total. The van der Waals surface area contributed by atoms with E-state index in [-0.39, 0.29) is 0 Å². The smallest absolute Gasteiger partial charge is 0.175 e. The highest BCUT2D eigenvalue weighted by Gasteiger charge is 2.15. The van der Waals surface area contributed by atoms with Crippen LogP contribution in [0.1, 0.15) is 63.0 Å². The van der Waals surface area contributed by atoms with Crippen molar-refractivity contribution in [3.63, 3.8) is 0 Å². The third kappa shape index (κ3) is 7.20. The monoisotopic (exact) mass is 479 g/mol. The summed E-state index contributed by atoms with van der Waals surface area (Å²) in [4.78, 5) is 0. The van der Waals surface area contributed by atoms with Crippen molar-refractivity contribution < 1.29 is 9.47 Å². The Kier molecular flexibility index (Phi) is 9.16. The molecule has 0 aromatic heterocycles. The molecule has 2 aromatic rings. The van der Waals surface area contributed by atoms with Crippen molar-refractivity contribution in [2.45, 2.75) is 71.1 Å². The summed E-state index contributed by atoms with van der Waals surface area (Å²) in [6.07, 6.45) is 9.38. The van der Waals surface area contributed by atoms with Crippen molar-refractivity contribution in [3.8, 4) is 11.5 Å². The third-order valence-corrected chi connectivity index (χ3v) is 6.21. The van der Waals surface area contributed by atoms with Gasteiger partial charge in [-0.05, 0) is 71.1 Å². The first-order valence-electron chi connectivity index (χ1n) is 10.7. The fourth-order valence-corrected chi connectivity index (χ4v) is 4.51. The van der Waals surface area contributed by atoms with Crippen LogP contribution in [-0.2, 0) is 13.2 Å². The number of rotatable bonds is 8. The van der Waals surface area contributed by atoms with E-state index in [2.05, 4.69) is 33.4 Å². The van der Waals surface area contributed by atoms with Gasteiger partial charge in [0, 0.05) is 17.6 Å². The standard InChI is InChI=1S/C24H31BrClNO2/c1-2-28-23-15-19(16-27-21-8-6-4-3-5-7-9-21)14-22(25)24(23)29-17-18-10-12-20(26)13-11-18/h10-15,21,27H,2-9,16-17H2,1H3. The van der Waals surface area contributed by atoms with Crippen molar-refractivity contribution in [1.29, 1.82) is 0 Å². The van der Waals surface area contributed by atoms with Crippen molar-refractivity contribution in [2.24, 2.45) is 0 Å². The second-order valence-electron chi connectivity index (χ2n) is 7.68. The van der Waals surface area contributed by atoms with Crippen LogP contribution < -0.4 is 14.8 Å². The Balaban J connectivity index is 1.65. The Bertz CT molecular complexity index is 758. The van der Waals surface area contributed by atoms with Crippen LogP contribution in [0, 0.1) is 0 Å². The molecule has 3 rings (SSSR count). The van der Waals surface area contributed by atoms with Crippen LogP contribution in [0.4, 0.5) is 0 Å². The summed E-state index contributed by atoms with van der Waals surface area (Å²) in [5, 5.41) is 4.48. The number of nitrogens with one attached hydrogen (secondary N) is 1. The zero-order chi connectivity index (χ0) is 20.5. The van der Waals surface area contributed by atoms with Gasteiger partial charge in [0.1, 0.15) is 6.61 Å². The highest BCUT2D eigenvalue weighted by atomic mass is 79.9. The lowest BCUT2D eigenvalue weighted by Gasteiger charge is -2.22. The van der Waals surface area contributed by atoms with Crippen LogP contribution in [-0.4, -0.2) is 12.6 Å². The third-order valence-electron chi connectivity index (χ3n) is 5.37. The summed E-state index contributed by atoms with van der Waals surface area (Å²) in [5.41, 5.74) is 2.28. The predicted molar refractivity (Wildman–Crippen MR) is 124 cm³/mol. The van der Waals surface area contributed by atoms with E-state index in [0.29, 0.717) is 19.3 Å². The summed E-state index contributed by atoms with van der Waals surface area (Å²) in [7, 11) is 0. The van der Waals surface area contributed by atoms with Gasteiger partial charge in [0.15, 0.2) is 11.5 Å². The minimum atomic E-state index is 0.468. The Morgan fingerprint density at radius 3 is 2.34 bits per heavy atom. The second kappa shape index (κ2) is 11.8. The van der Waals surface area contributed by atoms with E-state index in [1.807, 2.05) is 31.2 Å². The maximum absolute atomic E-state index is 6.09. The fraction of sp³-hybridized carbons (Fsp3) is 0.500. The topological polar surface area (TPSA) is 30.5 Å². The van der Waals surface area contributed by atoms with Crippen molar-refractivity contribution >= 4 is 27.5 Å². The number of ether oxygens (including phenoxy) is 2. The summed E-state index contributed by atoms with van der Waals surface area (Å²) in [6, 6.07) is 12.6. The maximum Gasteiger partial charge on any atom is 0.175 e. The van der Waals surface area contributed by atoms with E-state index in [4.69, 9.17) is 21.1 Å². The van der Waals surface area contributed by atoms with Crippen LogP contribution in [0.3, 0.4) is 0 Å². The van der Waals surface area contributed by atoms with Gasteiger partial charge in [0.25, 0.3) is 0 Å². The molecule has 0 aliphatic heterocycles. The van der Waals surface area contributed by atoms with Gasteiger partial charge in [-0.25, -0.2) is 0 Å². The summed E-state index contributed by atoms with van der Waals surface area (Å²) >= 11 is 9.65. The number of halogens is 2. The molecule has 0 radical (unpaired) electrons. The molecule has 0 saturated heterocycles. The largest absolute Gasteiger partial charge is 0.490 e. The van der Waals surface area contributed by atoms with Gasteiger partial charge < -0.3 is 14.8 Å². The summed E-state index contributed by atoms with van der Waals surface area (Å²) in [5.74, 6) is 1.53. The Morgan fingerprint density at radius 2 is 1.66 bits per heavy atom. The van der Waals surface area contributed by atoms with Gasteiger partial charge in [-0.2, -0.15) is 0 Å². The van der Waals surface area contributed by atoms with E-state index in [9.17, 15) is 0 Å². The molecule has 5 heteroatoms. The summed E-state index contributed by atoms with van der Waals surface area (Å²) < 4.78 is 12.9. The van der Waals surface area contributed by atoms with Crippen molar-refractivity contribution in [1.82, 2.24) is 5.32 Å². The number of benzene rings is 2. The Hall–Kier alpha value is -1.23. The number of hydrogen-bond donors (Lipinski definition) is 1. The van der Waals surface area contributed by atoms with E-state index < -0.39 is 0 Å². The summed E-state index contributed by atoms with van der Waals surface area (Å²) in [6.45, 7) is 3.91. The zero-order valence-corrected chi connectivity index (χ0v) is 19.5. The molecule has 29 heavy (non-hydrogen) atoms. The first-order valence-corrected chi connectivity index (χ1v) is 11.9. The van der Waals surface area contributed by atoms with Crippen LogP contribution in [0.25, 0.3) is 0 Å². The fourth-order valence-electron chi connectivity index (χ4n) is 3.79. The van der Waals surface area contributed by atoms with Gasteiger partial charge in [-0.1, -0.05) is 55.8 Å². The van der Waals surface area contributed by atoms with Crippen molar-refractivity contribution in [2.75, 3.05) is 6.61 Å². The first-order chi connectivity index (χ1) is 14.2. The lowest BCUT2D eigenvalue weighted by molar-refractivity contribution is 0.267. The van der Waals surface area contributed by atoms with Crippen LogP contribution in [0.2, 0.25) is 5.02 Å². The molecule has 158 valence electrons. The minimum absolute atomic E-state index is 0.468. The molecule has 1 saturated carbocycles. The van der Waals surface area contributed by atoms with Crippen LogP contribution in [0.15, 0.2) is 40.9 Å². The average Bonchev–Trinajstić information content (AvgIpc) is 2.68. The molecule has 0 atom stereocenters. The Labute approximate surface area is 188 Å². The molecular weight excluding hydrogens is 450 g/mol. The maximum atomic E-state index is 6.09. The molecule has 1 fully saturated rings. The molecule has 1 aliphatic carbocycles. The quantitative estimate of drug-likeness (QED) is 0.430. The van der Waals surface area contributed by atoms with Gasteiger partial charge in [0.2, 0.25) is 0 Å². The predicted octanol–water partition coefficient (Wildman–Crippen LogP) is 7.28. The molecule has 0 spiro atoms. The number of hydrogen-bond acceptors (Lipinski definition) is 3. The van der Waals surface area contributed by atoms with Crippen LogP contribution >= 0.6 is 27.5 Å². The highest BCUT2D eigenvalue weighted by Crippen LogP contribution is 2.37. The SMILES string of the molecule is CCOc1cc(CNC2CCCCCCC2)cc(Br)c1OCc1ccc(Cl)cc1. The van der Waals surface area contributed by atoms with E-state index in [0.717, 1.165) is 33.1 Å². The van der Waals surface area contributed by atoms with E-state index >= 15 is 0 Å². The van der Waals surface area contributed by atoms with Crippen molar-refractivity contribution in [3.05, 3.63) is 57.0 Å². The van der Waals surface area contributed by atoms with Crippen LogP contribution in [0.5, 0.6) is 11.5 Å². The molecule has 1 N–H and O–H groups in total. The molecule has 1 aliphatic rings. The van der Waals surface area contributed by atoms with Gasteiger partial charge in [-0.3, -0.25) is 0 Å². The lowest BCUT2D eigenvalue weighted by atomic mass is 9.96. The first kappa shape index (κ1) is 22.5. The normalized spacial score (nSPS) is 15.6. The van der Waals surface area contributed by atoms with E-state index in [1.165, 1.54) is 50.5 Å². The molecule has 0 amide bonds. The van der Waals surface area contributed by atoms with E-state index in [1.54, 1.807) is 0 Å². The molecule has 0 heterocycles. The molecule has 0 bridgehead atoms. The Morgan fingerprint density at radius 1 is 0.966 bits per heavy atom. The lowest BCUT2D eigenvalue weighted by Crippen LogP contribution is -2.29. The highest BCUT2D eigenvalue weighted by molar-refractivity contribution is 9.10. The molecule has 2 aromatic carbocycles. The molecular formula is C24H31BrClNO2. The average molecular weight is 481 g/mol. The van der Waals surface area contributed by atoms with Gasteiger partial charge in [0.05, 0.1) is 11.1 Å². The molecule has 0 unspecified atom stereocenters. The zero-order valence-electron chi connectivity index (χ0n) is 17.2. The second-order valence-corrected chi connectivity index (χ2v) is 8.97. The van der Waals surface area contributed by atoms with Gasteiger partial charge in [-0.15, -0.1) is 0 Å². The van der Waals surface area contributed by atoms with Gasteiger partial charge >= 0.3 is 0 Å². The minimum Gasteiger partial charge on any atom is -0.490 e.